The fourth-order valence-corrected chi connectivity index (χ4v) is 2.53. The summed E-state index contributed by atoms with van der Waals surface area (Å²) in [7, 11) is 0. The van der Waals surface area contributed by atoms with E-state index in [-0.39, 0.29) is 25.9 Å². The van der Waals surface area contributed by atoms with Gasteiger partial charge in [0.15, 0.2) is 11.5 Å². The number of fused-ring (bicyclic) bond motifs is 1. The van der Waals surface area contributed by atoms with Crippen LogP contribution in [0.25, 0.3) is 0 Å². The minimum absolute atomic E-state index is 0.0204. The van der Waals surface area contributed by atoms with Crippen LogP contribution in [0.5, 0.6) is 17.2 Å². The topological polar surface area (TPSA) is 103 Å². The molecular weight excluding hydrogens is 336 g/mol. The van der Waals surface area contributed by atoms with Crippen LogP contribution < -0.4 is 25.3 Å². The summed E-state index contributed by atoms with van der Waals surface area (Å²) in [5.74, 6) is 1.44. The Kier molecular flexibility index (Phi) is 5.29. The lowest BCUT2D eigenvalue weighted by Gasteiger charge is -2.25. The summed E-state index contributed by atoms with van der Waals surface area (Å²) < 4.78 is 16.0. The van der Waals surface area contributed by atoms with Gasteiger partial charge in [-0.15, -0.1) is 0 Å². The number of carbonyl (C=O) groups excluding carboxylic acids is 1. The molecular formula is C19H22N2O5. The fraction of sp³-hybridized carbons (Fsp3) is 0.316. The molecule has 1 aliphatic rings. The number of aliphatic hydroxyl groups excluding tert-OH is 1. The van der Waals surface area contributed by atoms with Crippen LogP contribution in [0.3, 0.4) is 0 Å². The maximum Gasteiger partial charge on any atom is 0.244 e. The van der Waals surface area contributed by atoms with Gasteiger partial charge in [0.1, 0.15) is 24.0 Å². The number of rotatable bonds is 7. The summed E-state index contributed by atoms with van der Waals surface area (Å²) >= 11 is 0. The molecule has 1 aliphatic heterocycles. The Morgan fingerprint density at radius 2 is 2.00 bits per heavy atom. The van der Waals surface area contributed by atoms with Crippen LogP contribution in [-0.2, 0) is 10.3 Å². The summed E-state index contributed by atoms with van der Waals surface area (Å²) in [6.45, 7) is 1.87. The zero-order valence-electron chi connectivity index (χ0n) is 14.5. The Morgan fingerprint density at radius 1 is 1.27 bits per heavy atom. The average molecular weight is 358 g/mol. The van der Waals surface area contributed by atoms with Crippen LogP contribution in [0.15, 0.2) is 48.5 Å². The summed E-state index contributed by atoms with van der Waals surface area (Å²) in [6, 6.07) is 14.2. The molecule has 0 aromatic heterocycles. The minimum Gasteiger partial charge on any atom is -0.491 e. The molecule has 0 saturated carbocycles. The van der Waals surface area contributed by atoms with E-state index in [0.717, 1.165) is 0 Å². The van der Waals surface area contributed by atoms with Crippen LogP contribution in [0.4, 0.5) is 0 Å². The van der Waals surface area contributed by atoms with E-state index in [1.54, 1.807) is 37.3 Å². The maximum atomic E-state index is 12.4. The van der Waals surface area contributed by atoms with Crippen LogP contribution in [0, 0.1) is 0 Å². The molecule has 3 rings (SSSR count). The fourth-order valence-electron chi connectivity index (χ4n) is 2.53. The van der Waals surface area contributed by atoms with Gasteiger partial charge in [-0.1, -0.05) is 30.3 Å². The number of hydrogen-bond acceptors (Lipinski definition) is 6. The number of nitrogens with one attached hydrogen (secondary N) is 1. The lowest BCUT2D eigenvalue weighted by atomic mass is 9.92. The second-order valence-corrected chi connectivity index (χ2v) is 6.26. The van der Waals surface area contributed by atoms with Gasteiger partial charge in [0, 0.05) is 12.6 Å². The second-order valence-electron chi connectivity index (χ2n) is 6.26. The first kappa shape index (κ1) is 18.0. The van der Waals surface area contributed by atoms with Gasteiger partial charge in [0.25, 0.3) is 0 Å². The normalized spacial score (nSPS) is 15.8. The molecule has 138 valence electrons. The van der Waals surface area contributed by atoms with Crippen LogP contribution in [0.1, 0.15) is 12.5 Å². The number of amides is 1. The number of nitrogens with two attached hydrogens (primary N) is 1. The molecule has 0 aliphatic carbocycles. The second kappa shape index (κ2) is 7.63. The Labute approximate surface area is 151 Å². The lowest BCUT2D eigenvalue weighted by molar-refractivity contribution is -0.126. The largest absolute Gasteiger partial charge is 0.491 e. The molecule has 2 atom stereocenters. The molecule has 1 heterocycles. The summed E-state index contributed by atoms with van der Waals surface area (Å²) in [5.41, 5.74) is 5.65. The van der Waals surface area contributed by atoms with Crippen molar-refractivity contribution in [1.82, 2.24) is 5.32 Å². The van der Waals surface area contributed by atoms with E-state index in [1.807, 2.05) is 18.2 Å². The Hall–Kier alpha value is -2.77. The Morgan fingerprint density at radius 3 is 2.77 bits per heavy atom. The van der Waals surface area contributed by atoms with Gasteiger partial charge in [-0.25, -0.2) is 0 Å². The number of hydrogen-bond donors (Lipinski definition) is 3. The zero-order valence-corrected chi connectivity index (χ0v) is 14.5. The van der Waals surface area contributed by atoms with Crippen molar-refractivity contribution in [2.45, 2.75) is 18.6 Å². The average Bonchev–Trinajstić information content (AvgIpc) is 3.12. The molecule has 2 unspecified atom stereocenters. The number of benzene rings is 2. The molecule has 7 heteroatoms. The standard InChI is InChI=1S/C19H22N2O5/c1-19(20,13-5-3-2-4-6-13)18(23)21-10-14(22)11-24-15-7-8-16-17(9-15)26-12-25-16/h2-9,14,22H,10-12,20H2,1H3,(H,21,23). The van der Waals surface area contributed by atoms with Crippen molar-refractivity contribution in [3.63, 3.8) is 0 Å². The smallest absolute Gasteiger partial charge is 0.244 e. The third-order valence-electron chi connectivity index (χ3n) is 4.13. The van der Waals surface area contributed by atoms with Crippen LogP contribution in [-0.4, -0.2) is 37.1 Å². The number of carbonyl (C=O) groups is 1. The third kappa shape index (κ3) is 4.07. The van der Waals surface area contributed by atoms with Gasteiger partial charge < -0.3 is 30.4 Å². The van der Waals surface area contributed by atoms with Gasteiger partial charge in [-0.2, -0.15) is 0 Å². The van der Waals surface area contributed by atoms with Crippen LogP contribution in [0.2, 0.25) is 0 Å². The molecule has 2 aromatic rings. The first-order chi connectivity index (χ1) is 12.5. The van der Waals surface area contributed by atoms with E-state index in [0.29, 0.717) is 22.8 Å². The van der Waals surface area contributed by atoms with Crippen molar-refractivity contribution in [1.29, 1.82) is 0 Å². The highest BCUT2D eigenvalue weighted by atomic mass is 16.7. The molecule has 0 spiro atoms. The van der Waals surface area contributed by atoms with E-state index >= 15 is 0 Å². The molecule has 26 heavy (non-hydrogen) atoms. The molecule has 0 saturated heterocycles. The van der Waals surface area contributed by atoms with Gasteiger partial charge in [-0.05, 0) is 24.6 Å². The van der Waals surface area contributed by atoms with Crippen molar-refractivity contribution in [2.24, 2.45) is 5.73 Å². The molecule has 4 N–H and O–H groups in total. The molecule has 0 radical (unpaired) electrons. The van der Waals surface area contributed by atoms with Crippen molar-refractivity contribution < 1.29 is 24.1 Å². The lowest BCUT2D eigenvalue weighted by Crippen LogP contribution is -2.51. The summed E-state index contributed by atoms with van der Waals surface area (Å²) in [4.78, 5) is 12.4. The quantitative estimate of drug-likeness (QED) is 0.686. The van der Waals surface area contributed by atoms with Crippen molar-refractivity contribution in [3.8, 4) is 17.2 Å². The summed E-state index contributed by atoms with van der Waals surface area (Å²) in [5, 5.41) is 12.7. The number of ether oxygens (including phenoxy) is 3. The Bertz CT molecular complexity index is 764. The molecule has 7 nitrogen and oxygen atoms in total. The molecule has 0 fully saturated rings. The summed E-state index contributed by atoms with van der Waals surface area (Å²) in [6.07, 6.45) is -0.879. The van der Waals surface area contributed by atoms with E-state index < -0.39 is 11.6 Å². The van der Waals surface area contributed by atoms with Crippen molar-refractivity contribution >= 4 is 5.91 Å². The van der Waals surface area contributed by atoms with Gasteiger partial charge >= 0.3 is 0 Å². The first-order valence-corrected chi connectivity index (χ1v) is 8.30. The van der Waals surface area contributed by atoms with Gasteiger partial charge in [0.05, 0.1) is 0 Å². The van der Waals surface area contributed by atoms with Crippen molar-refractivity contribution in [2.75, 3.05) is 19.9 Å². The van der Waals surface area contributed by atoms with Gasteiger partial charge in [0.2, 0.25) is 12.7 Å². The van der Waals surface area contributed by atoms with Gasteiger partial charge in [-0.3, -0.25) is 4.79 Å². The van der Waals surface area contributed by atoms with E-state index in [9.17, 15) is 9.90 Å². The third-order valence-corrected chi connectivity index (χ3v) is 4.13. The monoisotopic (exact) mass is 358 g/mol. The predicted octanol–water partition coefficient (Wildman–Crippen LogP) is 1.15. The molecule has 2 aromatic carbocycles. The predicted molar refractivity (Wildman–Crippen MR) is 95.1 cm³/mol. The maximum absolute atomic E-state index is 12.4. The van der Waals surface area contributed by atoms with E-state index in [4.69, 9.17) is 19.9 Å². The SMILES string of the molecule is CC(N)(C(=O)NCC(O)COc1ccc2c(c1)OCO2)c1ccccc1. The number of aliphatic hydroxyl groups is 1. The molecule has 0 bridgehead atoms. The zero-order chi connectivity index (χ0) is 18.6. The highest BCUT2D eigenvalue weighted by molar-refractivity contribution is 5.86. The first-order valence-electron chi connectivity index (χ1n) is 8.30. The van der Waals surface area contributed by atoms with E-state index in [1.165, 1.54) is 0 Å². The highest BCUT2D eigenvalue weighted by Gasteiger charge is 2.30. The molecule has 1 amide bonds. The van der Waals surface area contributed by atoms with E-state index in [2.05, 4.69) is 5.32 Å². The van der Waals surface area contributed by atoms with Crippen molar-refractivity contribution in [3.05, 3.63) is 54.1 Å². The van der Waals surface area contributed by atoms with Crippen LogP contribution >= 0.6 is 0 Å². The minimum atomic E-state index is -1.18. The Balaban J connectivity index is 1.48. The highest BCUT2D eigenvalue weighted by Crippen LogP contribution is 2.35.